The zero-order chi connectivity index (χ0) is 20.6. The first-order chi connectivity index (χ1) is 13.3. The first kappa shape index (κ1) is 22.4. The van der Waals surface area contributed by atoms with Gasteiger partial charge in [-0.2, -0.15) is 11.8 Å². The van der Waals surface area contributed by atoms with Gasteiger partial charge in [-0.3, -0.25) is 4.79 Å². The van der Waals surface area contributed by atoms with Crippen molar-refractivity contribution in [2.45, 2.75) is 38.8 Å². The Labute approximate surface area is 175 Å². The van der Waals surface area contributed by atoms with Gasteiger partial charge < -0.3 is 15.4 Å². The first-order valence-electron chi connectivity index (χ1n) is 9.05. The Bertz CT molecular complexity index is 743. The van der Waals surface area contributed by atoms with E-state index in [1.807, 2.05) is 42.7 Å². The van der Waals surface area contributed by atoms with Crippen LogP contribution < -0.4 is 10.6 Å². The molecule has 1 atom stereocenters. The fourth-order valence-electron chi connectivity index (χ4n) is 2.39. The molecule has 152 valence electrons. The van der Waals surface area contributed by atoms with E-state index in [4.69, 9.17) is 4.74 Å². The summed E-state index contributed by atoms with van der Waals surface area (Å²) in [4.78, 5) is 29.4. The van der Waals surface area contributed by atoms with E-state index in [1.165, 1.54) is 11.8 Å². The van der Waals surface area contributed by atoms with Gasteiger partial charge in [0.05, 0.1) is 5.70 Å². The summed E-state index contributed by atoms with van der Waals surface area (Å²) in [5, 5.41) is 6.06. The molecule has 0 fully saturated rings. The van der Waals surface area contributed by atoms with Crippen molar-refractivity contribution in [2.24, 2.45) is 4.99 Å². The molecule has 0 saturated heterocycles. The van der Waals surface area contributed by atoms with E-state index in [0.29, 0.717) is 11.6 Å². The second-order valence-corrected chi connectivity index (χ2v) is 9.15. The third-order valence-electron chi connectivity index (χ3n) is 3.64. The molecule has 0 unspecified atom stereocenters. The van der Waals surface area contributed by atoms with Crippen LogP contribution in [0.3, 0.4) is 0 Å². The van der Waals surface area contributed by atoms with Gasteiger partial charge in [0.2, 0.25) is 5.91 Å². The number of nitrogens with zero attached hydrogens (tertiary/aromatic N) is 1. The van der Waals surface area contributed by atoms with Crippen LogP contribution in [0.1, 0.15) is 32.8 Å². The second kappa shape index (κ2) is 10.6. The van der Waals surface area contributed by atoms with Crippen molar-refractivity contribution in [3.63, 3.8) is 0 Å². The van der Waals surface area contributed by atoms with E-state index < -0.39 is 17.7 Å². The summed E-state index contributed by atoms with van der Waals surface area (Å²) < 4.78 is 5.28. The zero-order valence-corrected chi connectivity index (χ0v) is 18.3. The number of amidine groups is 1. The van der Waals surface area contributed by atoms with E-state index in [0.717, 1.165) is 22.8 Å². The van der Waals surface area contributed by atoms with Crippen LogP contribution in [-0.4, -0.2) is 46.6 Å². The Hall–Kier alpha value is -1.93. The number of rotatable bonds is 6. The molecule has 1 aliphatic heterocycles. The highest BCUT2D eigenvalue weighted by molar-refractivity contribution is 8.14. The predicted molar refractivity (Wildman–Crippen MR) is 119 cm³/mol. The van der Waals surface area contributed by atoms with Crippen molar-refractivity contribution in [1.82, 2.24) is 10.6 Å². The fraction of sp³-hybridized carbons (Fsp3) is 0.450. The molecule has 2 rings (SSSR count). The van der Waals surface area contributed by atoms with Crippen LogP contribution in [0.4, 0.5) is 4.79 Å². The van der Waals surface area contributed by atoms with Gasteiger partial charge in [0.1, 0.15) is 11.6 Å². The Morgan fingerprint density at radius 2 is 2.00 bits per heavy atom. The third kappa shape index (κ3) is 7.59. The standard InChI is InChI=1S/C20H27N3O3S2/c1-20(2,3)26-19(25)22-16(10-12-27-4)17(24)23-18-21-15(11-13-28-18)14-8-6-5-7-9-14/h5-9,11,16H,10,12-13H2,1-4H3,(H,22,25)(H,21,23,24)/t16-/m0/s1. The molecular formula is C20H27N3O3S2. The van der Waals surface area contributed by atoms with Gasteiger partial charge in [-0.25, -0.2) is 9.79 Å². The number of ether oxygens (including phenoxy) is 1. The number of hydrogen-bond acceptors (Lipinski definition) is 6. The monoisotopic (exact) mass is 421 g/mol. The first-order valence-corrected chi connectivity index (χ1v) is 11.4. The highest BCUT2D eigenvalue weighted by atomic mass is 32.2. The van der Waals surface area contributed by atoms with Gasteiger partial charge >= 0.3 is 6.09 Å². The lowest BCUT2D eigenvalue weighted by Crippen LogP contribution is -2.49. The van der Waals surface area contributed by atoms with Gasteiger partial charge in [0.15, 0.2) is 5.17 Å². The SMILES string of the molecule is CSCC[C@H](NC(=O)OC(C)(C)C)C(=O)NC1=NC(c2ccccc2)=CCS1. The molecule has 1 aromatic carbocycles. The molecule has 0 saturated carbocycles. The van der Waals surface area contributed by atoms with Crippen LogP contribution in [-0.2, 0) is 9.53 Å². The number of hydrogen-bond donors (Lipinski definition) is 2. The number of carbonyl (C=O) groups excluding carboxylic acids is 2. The minimum atomic E-state index is -0.684. The van der Waals surface area contributed by atoms with E-state index in [2.05, 4.69) is 15.6 Å². The van der Waals surface area contributed by atoms with Crippen LogP contribution >= 0.6 is 23.5 Å². The smallest absolute Gasteiger partial charge is 0.408 e. The number of benzene rings is 1. The summed E-state index contributed by atoms with van der Waals surface area (Å²) in [6.07, 6.45) is 3.89. The van der Waals surface area contributed by atoms with E-state index in [-0.39, 0.29) is 5.91 Å². The molecule has 28 heavy (non-hydrogen) atoms. The molecule has 2 N–H and O–H groups in total. The quantitative estimate of drug-likeness (QED) is 0.728. The molecule has 1 aliphatic rings. The van der Waals surface area contributed by atoms with Gasteiger partial charge in [-0.15, -0.1) is 0 Å². The maximum Gasteiger partial charge on any atom is 0.408 e. The predicted octanol–water partition coefficient (Wildman–Crippen LogP) is 3.89. The van der Waals surface area contributed by atoms with Gasteiger partial charge in [-0.05, 0) is 50.8 Å². The Morgan fingerprint density at radius 1 is 1.29 bits per heavy atom. The molecule has 2 amide bonds. The maximum absolute atomic E-state index is 12.8. The van der Waals surface area contributed by atoms with E-state index in [1.54, 1.807) is 32.5 Å². The minimum Gasteiger partial charge on any atom is -0.444 e. The number of nitrogens with one attached hydrogen (secondary N) is 2. The summed E-state index contributed by atoms with van der Waals surface area (Å²) in [5.41, 5.74) is 1.21. The number of thioether (sulfide) groups is 2. The van der Waals surface area contributed by atoms with Gasteiger partial charge in [0.25, 0.3) is 0 Å². The summed E-state index contributed by atoms with van der Waals surface area (Å²) >= 11 is 3.07. The Morgan fingerprint density at radius 3 is 2.64 bits per heavy atom. The number of amides is 2. The summed E-state index contributed by atoms with van der Waals surface area (Å²) in [6, 6.07) is 9.14. The van der Waals surface area contributed by atoms with Crippen molar-refractivity contribution in [1.29, 1.82) is 0 Å². The average molecular weight is 422 g/mol. The summed E-state index contributed by atoms with van der Waals surface area (Å²) in [7, 11) is 0. The largest absolute Gasteiger partial charge is 0.444 e. The lowest BCUT2D eigenvalue weighted by Gasteiger charge is -2.23. The number of alkyl carbamates (subject to hydrolysis) is 1. The molecule has 0 spiro atoms. The molecular weight excluding hydrogens is 394 g/mol. The average Bonchev–Trinajstić information content (AvgIpc) is 2.64. The summed E-state index contributed by atoms with van der Waals surface area (Å²) in [6.45, 7) is 5.36. The van der Waals surface area contributed by atoms with Crippen LogP contribution in [0.25, 0.3) is 5.70 Å². The lowest BCUT2D eigenvalue weighted by molar-refractivity contribution is -0.121. The van der Waals surface area contributed by atoms with Gasteiger partial charge in [-0.1, -0.05) is 42.1 Å². The number of aliphatic imine (C=N–C) groups is 1. The van der Waals surface area contributed by atoms with Crippen LogP contribution in [0.15, 0.2) is 41.4 Å². The molecule has 1 aromatic rings. The highest BCUT2D eigenvalue weighted by Gasteiger charge is 2.25. The highest BCUT2D eigenvalue weighted by Crippen LogP contribution is 2.23. The molecule has 8 heteroatoms. The second-order valence-electron chi connectivity index (χ2n) is 7.15. The zero-order valence-electron chi connectivity index (χ0n) is 16.7. The Kier molecular flexibility index (Phi) is 8.44. The van der Waals surface area contributed by atoms with Crippen molar-refractivity contribution >= 4 is 46.4 Å². The lowest BCUT2D eigenvalue weighted by atomic mass is 10.1. The van der Waals surface area contributed by atoms with Gasteiger partial charge in [0, 0.05) is 5.75 Å². The van der Waals surface area contributed by atoms with Crippen molar-refractivity contribution in [3.05, 3.63) is 42.0 Å². The molecule has 0 aliphatic carbocycles. The molecule has 1 heterocycles. The number of carbonyl (C=O) groups is 2. The van der Waals surface area contributed by atoms with E-state index >= 15 is 0 Å². The molecule has 6 nitrogen and oxygen atoms in total. The summed E-state index contributed by atoms with van der Waals surface area (Å²) in [5.74, 6) is 1.17. The normalized spacial score (nSPS) is 15.1. The van der Waals surface area contributed by atoms with Crippen molar-refractivity contribution < 1.29 is 14.3 Å². The minimum absolute atomic E-state index is 0.291. The topological polar surface area (TPSA) is 79.8 Å². The van der Waals surface area contributed by atoms with Crippen LogP contribution in [0.2, 0.25) is 0 Å². The van der Waals surface area contributed by atoms with E-state index in [9.17, 15) is 9.59 Å². The van der Waals surface area contributed by atoms with Crippen LogP contribution in [0, 0.1) is 0 Å². The third-order valence-corrected chi connectivity index (χ3v) is 5.08. The van der Waals surface area contributed by atoms with Crippen molar-refractivity contribution in [2.75, 3.05) is 17.8 Å². The molecule has 0 bridgehead atoms. The molecule has 0 radical (unpaired) electrons. The van der Waals surface area contributed by atoms with Crippen LogP contribution in [0.5, 0.6) is 0 Å². The van der Waals surface area contributed by atoms with Crippen molar-refractivity contribution in [3.8, 4) is 0 Å². The molecule has 0 aromatic heterocycles. The fourth-order valence-corrected chi connectivity index (χ4v) is 3.60. The Balaban J connectivity index is 2.04. The maximum atomic E-state index is 12.8.